The molecule has 1 nitrogen and oxygen atoms in total. The molecule has 1 N–H and O–H groups in total. The first-order chi connectivity index (χ1) is 4.24. The third kappa shape index (κ3) is 1.30. The highest BCUT2D eigenvalue weighted by Gasteiger charge is 1.97. The first kappa shape index (κ1) is 6.75. The van der Waals surface area contributed by atoms with Gasteiger partial charge in [-0.25, -0.2) is 0 Å². The zero-order valence-electron chi connectivity index (χ0n) is 5.99. The molecule has 0 spiro atoms. The Labute approximate surface area is 59.9 Å². The quantitative estimate of drug-likeness (QED) is 0.593. The van der Waals surface area contributed by atoms with Gasteiger partial charge in [-0.15, -0.1) is 11.8 Å². The summed E-state index contributed by atoms with van der Waals surface area (Å²) < 4.78 is 0. The number of hydrogen-bond acceptors (Lipinski definition) is 1. The van der Waals surface area contributed by atoms with Crippen molar-refractivity contribution in [2.75, 3.05) is 6.26 Å². The minimum absolute atomic E-state index is 1.25. The zero-order chi connectivity index (χ0) is 6.85. The lowest BCUT2D eigenvalue weighted by atomic mass is 10.4. The average molecular weight is 141 g/mol. The molecule has 0 bridgehead atoms. The van der Waals surface area contributed by atoms with Gasteiger partial charge in [-0.2, -0.15) is 0 Å². The van der Waals surface area contributed by atoms with Crippen LogP contribution >= 0.6 is 11.8 Å². The Balaban J connectivity index is 3.01. The average Bonchev–Trinajstić information content (AvgIpc) is 2.10. The lowest BCUT2D eigenvalue weighted by molar-refractivity contribution is 1.16. The lowest BCUT2D eigenvalue weighted by Crippen LogP contribution is -1.71. The molecule has 2 heteroatoms. The summed E-state index contributed by atoms with van der Waals surface area (Å²) >= 11 is 1.78. The van der Waals surface area contributed by atoms with Crippen molar-refractivity contribution in [2.45, 2.75) is 18.7 Å². The van der Waals surface area contributed by atoms with E-state index in [9.17, 15) is 0 Å². The number of aryl methyl sites for hydroxylation is 2. The summed E-state index contributed by atoms with van der Waals surface area (Å²) in [4.78, 5) is 4.59. The molecule has 0 saturated carbocycles. The van der Waals surface area contributed by atoms with E-state index in [1.807, 2.05) is 0 Å². The first-order valence-corrected chi connectivity index (χ1v) is 4.16. The first-order valence-electron chi connectivity index (χ1n) is 2.94. The van der Waals surface area contributed by atoms with E-state index in [1.165, 1.54) is 16.3 Å². The van der Waals surface area contributed by atoms with Crippen molar-refractivity contribution in [3.63, 3.8) is 0 Å². The molecule has 1 heterocycles. The highest BCUT2D eigenvalue weighted by Crippen LogP contribution is 2.19. The predicted octanol–water partition coefficient (Wildman–Crippen LogP) is 2.35. The molecule has 0 aromatic carbocycles. The van der Waals surface area contributed by atoms with E-state index in [-0.39, 0.29) is 0 Å². The standard InChI is InChI=1S/C7H11NS/c1-5-4-7(9-3)6(2)8-5/h4,8H,1-3H3. The second kappa shape index (κ2) is 2.48. The van der Waals surface area contributed by atoms with Gasteiger partial charge in [-0.05, 0) is 26.2 Å². The van der Waals surface area contributed by atoms with Crippen LogP contribution in [0.25, 0.3) is 0 Å². The minimum atomic E-state index is 1.25. The van der Waals surface area contributed by atoms with Crippen LogP contribution in [-0.2, 0) is 0 Å². The van der Waals surface area contributed by atoms with Gasteiger partial charge < -0.3 is 4.98 Å². The fraction of sp³-hybridized carbons (Fsp3) is 0.429. The number of hydrogen-bond donors (Lipinski definition) is 1. The molecule has 50 valence electrons. The number of thioether (sulfide) groups is 1. The summed E-state index contributed by atoms with van der Waals surface area (Å²) in [5.74, 6) is 0. The van der Waals surface area contributed by atoms with E-state index in [4.69, 9.17) is 0 Å². The maximum absolute atomic E-state index is 3.24. The second-order valence-electron chi connectivity index (χ2n) is 2.15. The van der Waals surface area contributed by atoms with Gasteiger partial charge in [0.1, 0.15) is 0 Å². The molecule has 0 amide bonds. The van der Waals surface area contributed by atoms with Gasteiger partial charge in [-0.1, -0.05) is 0 Å². The van der Waals surface area contributed by atoms with Crippen LogP contribution in [0.2, 0.25) is 0 Å². The Bertz CT molecular complexity index is 203. The van der Waals surface area contributed by atoms with Gasteiger partial charge in [0.05, 0.1) is 0 Å². The third-order valence-corrected chi connectivity index (χ3v) is 2.19. The van der Waals surface area contributed by atoms with Crippen LogP contribution in [-0.4, -0.2) is 11.2 Å². The summed E-state index contributed by atoms with van der Waals surface area (Å²) in [6.45, 7) is 4.17. The Morgan fingerprint density at radius 2 is 2.11 bits per heavy atom. The van der Waals surface area contributed by atoms with E-state index in [1.54, 1.807) is 11.8 Å². The van der Waals surface area contributed by atoms with Gasteiger partial charge in [0.25, 0.3) is 0 Å². The Kier molecular flexibility index (Phi) is 1.86. The van der Waals surface area contributed by atoms with Crippen LogP contribution in [0.5, 0.6) is 0 Å². The lowest BCUT2D eigenvalue weighted by Gasteiger charge is -1.88. The maximum Gasteiger partial charge on any atom is 0.0276 e. The van der Waals surface area contributed by atoms with Crippen molar-refractivity contribution in [3.8, 4) is 0 Å². The van der Waals surface area contributed by atoms with Crippen molar-refractivity contribution < 1.29 is 0 Å². The monoisotopic (exact) mass is 141 g/mol. The molecule has 0 aliphatic rings. The molecule has 0 aliphatic carbocycles. The summed E-state index contributed by atoms with van der Waals surface area (Å²) in [5.41, 5.74) is 2.52. The van der Waals surface area contributed by atoms with Crippen molar-refractivity contribution in [1.82, 2.24) is 4.98 Å². The smallest absolute Gasteiger partial charge is 0.0276 e. The normalized spacial score (nSPS) is 10.1. The second-order valence-corrected chi connectivity index (χ2v) is 2.99. The predicted molar refractivity (Wildman–Crippen MR) is 42.0 cm³/mol. The molecule has 1 aromatic rings. The van der Waals surface area contributed by atoms with Crippen molar-refractivity contribution in [3.05, 3.63) is 17.5 Å². The summed E-state index contributed by atoms with van der Waals surface area (Å²) in [7, 11) is 0. The number of nitrogens with one attached hydrogen (secondary N) is 1. The van der Waals surface area contributed by atoms with Crippen LogP contribution < -0.4 is 0 Å². The largest absolute Gasteiger partial charge is 0.362 e. The fourth-order valence-corrected chi connectivity index (χ4v) is 1.56. The Morgan fingerprint density at radius 1 is 1.44 bits per heavy atom. The van der Waals surface area contributed by atoms with Crippen LogP contribution in [0.15, 0.2) is 11.0 Å². The highest BCUT2D eigenvalue weighted by molar-refractivity contribution is 7.98. The van der Waals surface area contributed by atoms with Gasteiger partial charge in [0.2, 0.25) is 0 Å². The number of aromatic nitrogens is 1. The highest BCUT2D eigenvalue weighted by atomic mass is 32.2. The number of aromatic amines is 1. The fourth-order valence-electron chi connectivity index (χ4n) is 0.910. The molecule has 0 unspecified atom stereocenters. The number of H-pyrrole nitrogens is 1. The molecule has 0 saturated heterocycles. The van der Waals surface area contributed by atoms with Gasteiger partial charge in [-0.3, -0.25) is 0 Å². The molecule has 1 rings (SSSR count). The molecular formula is C7H11NS. The minimum Gasteiger partial charge on any atom is -0.362 e. The molecule has 0 radical (unpaired) electrons. The molecular weight excluding hydrogens is 130 g/mol. The van der Waals surface area contributed by atoms with Crippen molar-refractivity contribution in [1.29, 1.82) is 0 Å². The van der Waals surface area contributed by atoms with E-state index >= 15 is 0 Å². The van der Waals surface area contributed by atoms with E-state index in [2.05, 4.69) is 31.2 Å². The van der Waals surface area contributed by atoms with E-state index < -0.39 is 0 Å². The summed E-state index contributed by atoms with van der Waals surface area (Å²) in [6.07, 6.45) is 2.09. The van der Waals surface area contributed by atoms with Crippen LogP contribution in [0, 0.1) is 13.8 Å². The van der Waals surface area contributed by atoms with E-state index in [0.717, 1.165) is 0 Å². The topological polar surface area (TPSA) is 15.8 Å². The molecule has 1 aromatic heterocycles. The third-order valence-electron chi connectivity index (χ3n) is 1.32. The SMILES string of the molecule is CSc1cc(C)[nH]c1C. The number of rotatable bonds is 1. The van der Waals surface area contributed by atoms with Gasteiger partial charge in [0.15, 0.2) is 0 Å². The molecule has 9 heavy (non-hydrogen) atoms. The Morgan fingerprint density at radius 3 is 2.33 bits per heavy atom. The van der Waals surface area contributed by atoms with Gasteiger partial charge >= 0.3 is 0 Å². The van der Waals surface area contributed by atoms with Crippen LogP contribution in [0.3, 0.4) is 0 Å². The molecule has 0 atom stereocenters. The maximum atomic E-state index is 3.24. The summed E-state index contributed by atoms with van der Waals surface area (Å²) in [6, 6.07) is 2.17. The van der Waals surface area contributed by atoms with Crippen molar-refractivity contribution >= 4 is 11.8 Å². The van der Waals surface area contributed by atoms with E-state index in [0.29, 0.717) is 0 Å². The zero-order valence-corrected chi connectivity index (χ0v) is 6.80. The van der Waals surface area contributed by atoms with Gasteiger partial charge in [0, 0.05) is 16.3 Å². The molecule has 0 aliphatic heterocycles. The van der Waals surface area contributed by atoms with Crippen LogP contribution in [0.4, 0.5) is 0 Å². The van der Waals surface area contributed by atoms with Crippen molar-refractivity contribution in [2.24, 2.45) is 0 Å². The molecule has 0 fully saturated rings. The van der Waals surface area contributed by atoms with Crippen LogP contribution in [0.1, 0.15) is 11.4 Å². The Hall–Kier alpha value is -0.370. The summed E-state index contributed by atoms with van der Waals surface area (Å²) in [5, 5.41) is 0.